The highest BCUT2D eigenvalue weighted by Crippen LogP contribution is 2.29. The second-order valence-electron chi connectivity index (χ2n) is 6.95. The van der Waals surface area contributed by atoms with Gasteiger partial charge in [-0.1, -0.05) is 60.7 Å². The van der Waals surface area contributed by atoms with Crippen molar-refractivity contribution in [3.63, 3.8) is 0 Å². The summed E-state index contributed by atoms with van der Waals surface area (Å²) in [7, 11) is 0. The zero-order valence-corrected chi connectivity index (χ0v) is 16.6. The Labute approximate surface area is 179 Å². The molecule has 150 valence electrons. The Morgan fingerprint density at radius 2 is 1.65 bits per heavy atom. The molecule has 5 heteroatoms. The summed E-state index contributed by atoms with van der Waals surface area (Å²) >= 11 is 0. The molecule has 0 spiro atoms. The molecule has 0 fully saturated rings. The number of hydrogen-bond acceptors (Lipinski definition) is 4. The molecule has 0 saturated carbocycles. The predicted molar refractivity (Wildman–Crippen MR) is 121 cm³/mol. The molecule has 0 N–H and O–H groups in total. The van der Waals surface area contributed by atoms with Crippen LogP contribution >= 0.6 is 0 Å². The number of non-ortho nitro benzene ring substituents is 1. The Balaban J connectivity index is 1.63. The standard InChI is InChI=1S/C26H18N2O3/c27-17-22(25-10-5-8-20-6-1-3-9-24(20)25)16-21-7-2-4-11-26(21)31-18-19-12-14-23(15-13-19)28(29)30/h1-16H,18H2/b22-16+. The third kappa shape index (κ3) is 4.44. The normalized spacial score (nSPS) is 11.1. The largest absolute Gasteiger partial charge is 0.488 e. The van der Waals surface area contributed by atoms with Gasteiger partial charge in [-0.3, -0.25) is 10.1 Å². The molecule has 4 aromatic carbocycles. The van der Waals surface area contributed by atoms with Gasteiger partial charge in [0.25, 0.3) is 5.69 Å². The molecule has 0 heterocycles. The molecular formula is C26H18N2O3. The lowest BCUT2D eigenvalue weighted by molar-refractivity contribution is -0.384. The van der Waals surface area contributed by atoms with Crippen molar-refractivity contribution in [2.75, 3.05) is 0 Å². The molecule has 0 amide bonds. The third-order valence-corrected chi connectivity index (χ3v) is 4.96. The van der Waals surface area contributed by atoms with Gasteiger partial charge in [0.05, 0.1) is 16.6 Å². The lowest BCUT2D eigenvalue weighted by Gasteiger charge is -2.10. The van der Waals surface area contributed by atoms with Crippen molar-refractivity contribution in [2.24, 2.45) is 0 Å². The van der Waals surface area contributed by atoms with Crippen LogP contribution in [-0.4, -0.2) is 4.92 Å². The van der Waals surface area contributed by atoms with Crippen LogP contribution in [0.15, 0.2) is 91.0 Å². The maximum absolute atomic E-state index is 10.8. The SMILES string of the molecule is N#C/C(=C\c1ccccc1OCc1ccc([N+](=O)[O-])cc1)c1cccc2ccccc12. The first-order chi connectivity index (χ1) is 15.2. The van der Waals surface area contributed by atoms with Gasteiger partial charge >= 0.3 is 0 Å². The number of nitro benzene ring substituents is 1. The molecule has 0 radical (unpaired) electrons. The first-order valence-electron chi connectivity index (χ1n) is 9.71. The number of nitriles is 1. The molecule has 0 aliphatic carbocycles. The Morgan fingerprint density at radius 3 is 2.42 bits per heavy atom. The summed E-state index contributed by atoms with van der Waals surface area (Å²) in [6.07, 6.45) is 1.83. The average Bonchev–Trinajstić information content (AvgIpc) is 2.82. The lowest BCUT2D eigenvalue weighted by Crippen LogP contribution is -1.97. The van der Waals surface area contributed by atoms with Gasteiger partial charge < -0.3 is 4.74 Å². The van der Waals surface area contributed by atoms with Crippen LogP contribution in [0.3, 0.4) is 0 Å². The molecular weight excluding hydrogens is 388 g/mol. The van der Waals surface area contributed by atoms with E-state index in [1.165, 1.54) is 12.1 Å². The van der Waals surface area contributed by atoms with E-state index in [9.17, 15) is 15.4 Å². The summed E-state index contributed by atoms with van der Waals surface area (Å²) < 4.78 is 5.97. The van der Waals surface area contributed by atoms with Crippen molar-refractivity contribution >= 4 is 28.1 Å². The number of benzene rings is 4. The van der Waals surface area contributed by atoms with Crippen LogP contribution < -0.4 is 4.74 Å². The van der Waals surface area contributed by atoms with Crippen molar-refractivity contribution in [3.05, 3.63) is 118 Å². The summed E-state index contributed by atoms with van der Waals surface area (Å²) in [4.78, 5) is 10.4. The molecule has 31 heavy (non-hydrogen) atoms. The lowest BCUT2D eigenvalue weighted by atomic mass is 9.97. The van der Waals surface area contributed by atoms with Gasteiger partial charge in [-0.15, -0.1) is 0 Å². The third-order valence-electron chi connectivity index (χ3n) is 4.96. The van der Waals surface area contributed by atoms with Gasteiger partial charge in [0, 0.05) is 23.3 Å². The molecule has 0 bridgehead atoms. The Bertz CT molecular complexity index is 1310. The second-order valence-corrected chi connectivity index (χ2v) is 6.95. The molecule has 5 nitrogen and oxygen atoms in total. The van der Waals surface area contributed by atoms with Crippen LogP contribution in [0.2, 0.25) is 0 Å². The minimum absolute atomic E-state index is 0.0424. The van der Waals surface area contributed by atoms with Crippen molar-refractivity contribution in [2.45, 2.75) is 6.61 Å². The quantitative estimate of drug-likeness (QED) is 0.161. The molecule has 0 aliphatic rings. The smallest absolute Gasteiger partial charge is 0.269 e. The topological polar surface area (TPSA) is 76.2 Å². The minimum atomic E-state index is -0.429. The van der Waals surface area contributed by atoms with Crippen LogP contribution in [-0.2, 0) is 6.61 Å². The summed E-state index contributed by atoms with van der Waals surface area (Å²) in [6.45, 7) is 0.263. The first-order valence-corrected chi connectivity index (χ1v) is 9.71. The molecule has 4 aromatic rings. The molecule has 0 unspecified atom stereocenters. The van der Waals surface area contributed by atoms with E-state index in [1.807, 2.05) is 72.8 Å². The number of para-hydroxylation sites is 1. The summed E-state index contributed by atoms with van der Waals surface area (Å²) in [5, 5.41) is 22.8. The summed E-state index contributed by atoms with van der Waals surface area (Å²) in [5.74, 6) is 0.633. The molecule has 0 aliphatic heterocycles. The maximum atomic E-state index is 10.8. The van der Waals surface area contributed by atoms with Gasteiger partial charge in [0.1, 0.15) is 12.4 Å². The fourth-order valence-corrected chi connectivity index (χ4v) is 3.39. The van der Waals surface area contributed by atoms with E-state index in [0.717, 1.165) is 27.5 Å². The highest BCUT2D eigenvalue weighted by atomic mass is 16.6. The summed E-state index contributed by atoms with van der Waals surface area (Å²) in [5.41, 5.74) is 3.06. The average molecular weight is 406 g/mol. The van der Waals surface area contributed by atoms with E-state index < -0.39 is 4.92 Å². The Morgan fingerprint density at radius 1 is 0.935 bits per heavy atom. The number of fused-ring (bicyclic) bond motifs is 1. The van der Waals surface area contributed by atoms with Gasteiger partial charge in [0.2, 0.25) is 0 Å². The van der Waals surface area contributed by atoms with Crippen molar-refractivity contribution < 1.29 is 9.66 Å². The van der Waals surface area contributed by atoms with Gasteiger partial charge in [-0.05, 0) is 40.6 Å². The zero-order valence-electron chi connectivity index (χ0n) is 16.6. The van der Waals surface area contributed by atoms with Crippen LogP contribution in [0.5, 0.6) is 5.75 Å². The predicted octanol–water partition coefficient (Wildman–Crippen LogP) is 6.39. The van der Waals surface area contributed by atoms with Gasteiger partial charge in [-0.2, -0.15) is 5.26 Å². The number of hydrogen-bond donors (Lipinski definition) is 0. The number of ether oxygens (including phenoxy) is 1. The fraction of sp³-hybridized carbons (Fsp3) is 0.0385. The van der Waals surface area contributed by atoms with Crippen LogP contribution in [0.1, 0.15) is 16.7 Å². The minimum Gasteiger partial charge on any atom is -0.488 e. The van der Waals surface area contributed by atoms with E-state index >= 15 is 0 Å². The highest BCUT2D eigenvalue weighted by Gasteiger charge is 2.09. The van der Waals surface area contributed by atoms with Crippen molar-refractivity contribution in [1.82, 2.24) is 0 Å². The molecule has 0 atom stereocenters. The van der Waals surface area contributed by atoms with Gasteiger partial charge in [-0.25, -0.2) is 0 Å². The van der Waals surface area contributed by atoms with Crippen LogP contribution in [0.4, 0.5) is 5.69 Å². The maximum Gasteiger partial charge on any atom is 0.269 e. The molecule has 4 rings (SSSR count). The van der Waals surface area contributed by atoms with E-state index in [4.69, 9.17) is 4.74 Å². The van der Waals surface area contributed by atoms with Crippen LogP contribution in [0.25, 0.3) is 22.4 Å². The number of nitro groups is 1. The van der Waals surface area contributed by atoms with E-state index in [1.54, 1.807) is 12.1 Å². The van der Waals surface area contributed by atoms with Crippen LogP contribution in [0, 0.1) is 21.4 Å². The van der Waals surface area contributed by atoms with Crippen molar-refractivity contribution in [1.29, 1.82) is 5.26 Å². The highest BCUT2D eigenvalue weighted by molar-refractivity contribution is 6.02. The van der Waals surface area contributed by atoms with E-state index in [2.05, 4.69) is 6.07 Å². The zero-order chi connectivity index (χ0) is 21.6. The van der Waals surface area contributed by atoms with Gasteiger partial charge in [0.15, 0.2) is 0 Å². The molecule has 0 aromatic heterocycles. The number of rotatable bonds is 6. The Kier molecular flexibility index (Phi) is 5.72. The van der Waals surface area contributed by atoms with Crippen molar-refractivity contribution in [3.8, 4) is 11.8 Å². The summed E-state index contributed by atoms with van der Waals surface area (Å²) in [6, 6.07) is 30.0. The first kappa shape index (κ1) is 19.9. The monoisotopic (exact) mass is 406 g/mol. The van der Waals surface area contributed by atoms with E-state index in [0.29, 0.717) is 11.3 Å². The fourth-order valence-electron chi connectivity index (χ4n) is 3.39. The second kappa shape index (κ2) is 8.93. The Hall–Kier alpha value is -4.43. The number of nitrogens with zero attached hydrogens (tertiary/aromatic N) is 2. The van der Waals surface area contributed by atoms with E-state index in [-0.39, 0.29) is 12.3 Å². The number of allylic oxidation sites excluding steroid dienone is 1. The molecule has 0 saturated heterocycles.